The molecule has 7 heteroatoms. The fraction of sp³-hybridized carbons (Fsp3) is 0.200. The maximum atomic E-state index is 11.3. The summed E-state index contributed by atoms with van der Waals surface area (Å²) >= 11 is 13.1. The number of hydrogen-bond donors (Lipinski definition) is 1. The maximum Gasteiger partial charge on any atom is 0.411 e. The van der Waals surface area contributed by atoms with Gasteiger partial charge in [-0.2, -0.15) is 0 Å². The van der Waals surface area contributed by atoms with Crippen LogP contribution in [0.3, 0.4) is 0 Å². The molecule has 0 atom stereocenters. The van der Waals surface area contributed by atoms with Crippen molar-refractivity contribution in [3.8, 4) is 0 Å². The first-order valence-electron chi connectivity index (χ1n) is 4.80. The number of fused-ring (bicyclic) bond motifs is 1. The number of aromatic nitrogens is 1. The van der Waals surface area contributed by atoms with E-state index in [1.165, 1.54) is 11.3 Å². The van der Waals surface area contributed by atoms with Gasteiger partial charge in [-0.3, -0.25) is 5.32 Å². The van der Waals surface area contributed by atoms with Crippen LogP contribution < -0.4 is 5.32 Å². The Labute approximate surface area is 111 Å². The van der Waals surface area contributed by atoms with Crippen molar-refractivity contribution in [1.29, 1.82) is 0 Å². The smallest absolute Gasteiger partial charge is 0.411 e. The molecule has 4 nitrogen and oxygen atoms in total. The number of ether oxygens (including phenoxy) is 1. The van der Waals surface area contributed by atoms with Crippen molar-refractivity contribution < 1.29 is 9.53 Å². The molecule has 1 heterocycles. The third-order valence-electron chi connectivity index (χ3n) is 1.98. The summed E-state index contributed by atoms with van der Waals surface area (Å²) < 4.78 is 5.91. The van der Waals surface area contributed by atoms with Crippen molar-refractivity contribution in [2.45, 2.75) is 6.92 Å². The van der Waals surface area contributed by atoms with E-state index < -0.39 is 6.09 Å². The Morgan fingerprint density at radius 3 is 3.00 bits per heavy atom. The molecule has 0 aliphatic carbocycles. The van der Waals surface area contributed by atoms with E-state index in [0.717, 1.165) is 4.70 Å². The molecule has 0 saturated heterocycles. The molecule has 0 radical (unpaired) electrons. The third-order valence-corrected chi connectivity index (χ3v) is 3.48. The molecule has 17 heavy (non-hydrogen) atoms. The van der Waals surface area contributed by atoms with Gasteiger partial charge in [-0.25, -0.2) is 9.78 Å². The van der Waals surface area contributed by atoms with Crippen LogP contribution in [0.5, 0.6) is 0 Å². The van der Waals surface area contributed by atoms with E-state index >= 15 is 0 Å². The lowest BCUT2D eigenvalue weighted by atomic mass is 10.3. The molecule has 1 aromatic carbocycles. The maximum absolute atomic E-state index is 11.3. The van der Waals surface area contributed by atoms with Gasteiger partial charge in [0.2, 0.25) is 0 Å². The van der Waals surface area contributed by atoms with E-state index in [1.807, 2.05) is 0 Å². The van der Waals surface area contributed by atoms with Crippen molar-refractivity contribution in [1.82, 2.24) is 4.98 Å². The molecule has 1 N–H and O–H groups in total. The van der Waals surface area contributed by atoms with Crippen LogP contribution in [0, 0.1) is 0 Å². The van der Waals surface area contributed by atoms with Crippen LogP contribution in [0.15, 0.2) is 12.1 Å². The molecule has 0 aliphatic heterocycles. The minimum Gasteiger partial charge on any atom is -0.450 e. The lowest BCUT2D eigenvalue weighted by molar-refractivity contribution is 0.168. The molecule has 1 aromatic heterocycles. The third kappa shape index (κ3) is 2.62. The Morgan fingerprint density at radius 2 is 2.29 bits per heavy atom. The second-order valence-corrected chi connectivity index (χ2v) is 5.07. The number of rotatable bonds is 2. The van der Waals surface area contributed by atoms with Gasteiger partial charge in [0, 0.05) is 0 Å². The number of carbonyl (C=O) groups is 1. The Kier molecular flexibility index (Phi) is 3.71. The van der Waals surface area contributed by atoms with Crippen molar-refractivity contribution in [3.63, 3.8) is 0 Å². The molecule has 2 rings (SSSR count). The Balaban J connectivity index is 2.41. The van der Waals surface area contributed by atoms with Crippen LogP contribution in [0.25, 0.3) is 10.2 Å². The van der Waals surface area contributed by atoms with E-state index in [-0.39, 0.29) is 0 Å². The number of carbonyl (C=O) groups excluding carboxylic acids is 1. The van der Waals surface area contributed by atoms with E-state index in [0.29, 0.717) is 27.3 Å². The Hall–Kier alpha value is -1.04. The highest BCUT2D eigenvalue weighted by molar-refractivity contribution is 7.22. The Morgan fingerprint density at radius 1 is 1.53 bits per heavy atom. The minimum absolute atomic E-state index is 0.312. The van der Waals surface area contributed by atoms with Gasteiger partial charge in [0.05, 0.1) is 22.0 Å². The topological polar surface area (TPSA) is 51.2 Å². The molecule has 2 aromatic rings. The van der Waals surface area contributed by atoms with Gasteiger partial charge >= 0.3 is 6.09 Å². The number of halogens is 2. The van der Waals surface area contributed by atoms with Gasteiger partial charge < -0.3 is 4.74 Å². The summed E-state index contributed by atoms with van der Waals surface area (Å²) in [6.45, 7) is 2.05. The van der Waals surface area contributed by atoms with Crippen molar-refractivity contribution >= 4 is 56.5 Å². The molecular weight excluding hydrogens is 283 g/mol. The lowest BCUT2D eigenvalue weighted by Gasteiger charge is -2.06. The number of anilines is 1. The zero-order valence-corrected chi connectivity index (χ0v) is 11.1. The van der Waals surface area contributed by atoms with Gasteiger partial charge in [-0.05, 0) is 19.1 Å². The monoisotopic (exact) mass is 290 g/mol. The quantitative estimate of drug-likeness (QED) is 0.903. The standard InChI is InChI=1S/C10H8Cl2N2O2S/c1-2-16-10(15)13-6-4-3-5(11)7-8(6)17-9(12)14-7/h3-4H,2H2,1H3,(H,13,15). The molecule has 1 amide bonds. The molecular formula is C10H8Cl2N2O2S. The number of nitrogens with one attached hydrogen (secondary N) is 1. The van der Waals surface area contributed by atoms with Crippen molar-refractivity contribution in [2.75, 3.05) is 11.9 Å². The van der Waals surface area contributed by atoms with Crippen LogP contribution in [-0.4, -0.2) is 17.7 Å². The van der Waals surface area contributed by atoms with Crippen molar-refractivity contribution in [2.24, 2.45) is 0 Å². The van der Waals surface area contributed by atoms with Gasteiger partial charge in [-0.1, -0.05) is 23.2 Å². The second kappa shape index (κ2) is 5.08. The van der Waals surface area contributed by atoms with Gasteiger partial charge in [-0.15, -0.1) is 11.3 Å². The summed E-state index contributed by atoms with van der Waals surface area (Å²) in [6, 6.07) is 3.34. The molecule has 0 fully saturated rings. The second-order valence-electron chi connectivity index (χ2n) is 3.08. The van der Waals surface area contributed by atoms with Gasteiger partial charge in [0.25, 0.3) is 0 Å². The first kappa shape index (κ1) is 12.4. The van der Waals surface area contributed by atoms with Crippen LogP contribution in [-0.2, 0) is 4.74 Å². The first-order chi connectivity index (χ1) is 8.11. The van der Waals surface area contributed by atoms with E-state index in [9.17, 15) is 4.79 Å². The predicted octanol–water partition coefficient (Wildman–Crippen LogP) is 4.17. The number of benzene rings is 1. The highest BCUT2D eigenvalue weighted by atomic mass is 35.5. The summed E-state index contributed by atoms with van der Waals surface area (Å²) in [5.41, 5.74) is 1.17. The summed E-state index contributed by atoms with van der Waals surface area (Å²) in [5.74, 6) is 0. The number of thiazole rings is 1. The summed E-state index contributed by atoms with van der Waals surface area (Å²) in [4.78, 5) is 15.4. The average molecular weight is 291 g/mol. The van der Waals surface area contributed by atoms with Crippen LogP contribution in [0.2, 0.25) is 9.49 Å². The number of nitrogens with zero attached hydrogens (tertiary/aromatic N) is 1. The largest absolute Gasteiger partial charge is 0.450 e. The molecule has 0 aliphatic rings. The molecule has 0 unspecified atom stereocenters. The molecule has 90 valence electrons. The molecule has 0 saturated carbocycles. The van der Waals surface area contributed by atoms with Crippen molar-refractivity contribution in [3.05, 3.63) is 21.6 Å². The minimum atomic E-state index is -0.513. The fourth-order valence-electron chi connectivity index (χ4n) is 1.33. The van der Waals surface area contributed by atoms with Gasteiger partial charge in [0.15, 0.2) is 4.47 Å². The van der Waals surface area contributed by atoms with E-state index in [2.05, 4.69) is 10.3 Å². The highest BCUT2D eigenvalue weighted by Gasteiger charge is 2.12. The SMILES string of the molecule is CCOC(=O)Nc1ccc(Cl)c2nc(Cl)sc12. The summed E-state index contributed by atoms with van der Waals surface area (Å²) in [6.07, 6.45) is -0.513. The zero-order valence-electron chi connectivity index (χ0n) is 8.79. The number of amides is 1. The van der Waals surface area contributed by atoms with Crippen LogP contribution in [0.1, 0.15) is 6.92 Å². The summed E-state index contributed by atoms with van der Waals surface area (Å²) in [5, 5.41) is 3.12. The normalized spacial score (nSPS) is 10.5. The highest BCUT2D eigenvalue weighted by Crippen LogP contribution is 2.36. The zero-order chi connectivity index (χ0) is 12.4. The lowest BCUT2D eigenvalue weighted by Crippen LogP contribution is -2.13. The average Bonchev–Trinajstić information content (AvgIpc) is 2.66. The van der Waals surface area contributed by atoms with E-state index in [4.69, 9.17) is 27.9 Å². The van der Waals surface area contributed by atoms with Crippen LogP contribution in [0.4, 0.5) is 10.5 Å². The predicted molar refractivity (Wildman–Crippen MR) is 70.3 cm³/mol. The Bertz CT molecular complexity index is 571. The van der Waals surface area contributed by atoms with Gasteiger partial charge in [0.1, 0.15) is 5.52 Å². The van der Waals surface area contributed by atoms with Crippen LogP contribution >= 0.6 is 34.5 Å². The fourth-order valence-corrected chi connectivity index (χ4v) is 2.68. The summed E-state index contributed by atoms with van der Waals surface area (Å²) in [7, 11) is 0. The first-order valence-corrected chi connectivity index (χ1v) is 6.37. The van der Waals surface area contributed by atoms with E-state index in [1.54, 1.807) is 19.1 Å². The molecule has 0 spiro atoms. The number of hydrogen-bond acceptors (Lipinski definition) is 4. The molecule has 0 bridgehead atoms.